The number of rotatable bonds is 5. The standard InChI is InChI=1S/C25H31N3O2/c1-19-9-5-8-14-22(19)25(30)28-17-15-27(16-18-28)23(20-10-6-7-11-20)24(29)26-21-12-3-2-4-13-21/h2-5,8-9,12-14,20,23H,6-7,10-11,15-18H2,1H3,(H,26,29). The fourth-order valence-corrected chi connectivity index (χ4v) is 4.88. The molecule has 2 amide bonds. The molecule has 1 aliphatic heterocycles. The molecule has 5 heteroatoms. The van der Waals surface area contributed by atoms with Gasteiger partial charge in [-0.15, -0.1) is 0 Å². The molecule has 2 aromatic carbocycles. The second kappa shape index (κ2) is 9.43. The predicted molar refractivity (Wildman–Crippen MR) is 119 cm³/mol. The van der Waals surface area contributed by atoms with Gasteiger partial charge in [0, 0.05) is 37.4 Å². The molecule has 2 fully saturated rings. The number of nitrogens with zero attached hydrogens (tertiary/aromatic N) is 2. The third-order valence-corrected chi connectivity index (χ3v) is 6.53. The average Bonchev–Trinajstić information content (AvgIpc) is 3.29. The highest BCUT2D eigenvalue weighted by Crippen LogP contribution is 2.31. The molecule has 0 aromatic heterocycles. The molecule has 1 saturated carbocycles. The molecule has 1 N–H and O–H groups in total. The fraction of sp³-hybridized carbons (Fsp3) is 0.440. The van der Waals surface area contributed by atoms with Crippen molar-refractivity contribution >= 4 is 17.5 Å². The van der Waals surface area contributed by atoms with Gasteiger partial charge >= 0.3 is 0 Å². The Kier molecular flexibility index (Phi) is 6.48. The van der Waals surface area contributed by atoms with Crippen LogP contribution in [0.25, 0.3) is 0 Å². The number of piperazine rings is 1. The molecule has 30 heavy (non-hydrogen) atoms. The van der Waals surface area contributed by atoms with Gasteiger partial charge in [-0.05, 0) is 49.4 Å². The highest BCUT2D eigenvalue weighted by Gasteiger charge is 2.37. The normalized spacial score (nSPS) is 18.9. The largest absolute Gasteiger partial charge is 0.336 e. The zero-order valence-corrected chi connectivity index (χ0v) is 17.7. The second-order valence-electron chi connectivity index (χ2n) is 8.49. The van der Waals surface area contributed by atoms with Gasteiger partial charge in [0.25, 0.3) is 5.91 Å². The van der Waals surface area contributed by atoms with Crippen LogP contribution < -0.4 is 5.32 Å². The Labute approximate surface area is 179 Å². The van der Waals surface area contributed by atoms with E-state index in [9.17, 15) is 9.59 Å². The summed E-state index contributed by atoms with van der Waals surface area (Å²) in [7, 11) is 0. The lowest BCUT2D eigenvalue weighted by molar-refractivity contribution is -0.123. The van der Waals surface area contributed by atoms with Crippen molar-refractivity contribution in [1.82, 2.24) is 9.80 Å². The molecule has 1 heterocycles. The van der Waals surface area contributed by atoms with Gasteiger partial charge in [0.15, 0.2) is 0 Å². The Balaban J connectivity index is 1.43. The maximum absolute atomic E-state index is 13.2. The third-order valence-electron chi connectivity index (χ3n) is 6.53. The van der Waals surface area contributed by atoms with E-state index in [0.717, 1.165) is 42.7 Å². The van der Waals surface area contributed by atoms with Crippen LogP contribution in [0.15, 0.2) is 54.6 Å². The number of nitrogens with one attached hydrogen (secondary N) is 1. The summed E-state index contributed by atoms with van der Waals surface area (Å²) in [4.78, 5) is 30.4. The van der Waals surface area contributed by atoms with Crippen molar-refractivity contribution in [2.75, 3.05) is 31.5 Å². The van der Waals surface area contributed by atoms with Gasteiger partial charge in [-0.2, -0.15) is 0 Å². The smallest absolute Gasteiger partial charge is 0.254 e. The molecule has 2 aliphatic rings. The van der Waals surface area contributed by atoms with E-state index in [4.69, 9.17) is 0 Å². The van der Waals surface area contributed by atoms with Gasteiger partial charge in [-0.25, -0.2) is 0 Å². The first-order valence-electron chi connectivity index (χ1n) is 11.1. The lowest BCUT2D eigenvalue weighted by Gasteiger charge is -2.40. The van der Waals surface area contributed by atoms with Crippen LogP contribution in [0.2, 0.25) is 0 Å². The third kappa shape index (κ3) is 4.57. The van der Waals surface area contributed by atoms with Crippen molar-refractivity contribution in [1.29, 1.82) is 0 Å². The minimum atomic E-state index is -0.122. The fourth-order valence-electron chi connectivity index (χ4n) is 4.88. The van der Waals surface area contributed by atoms with Crippen LogP contribution in [0.5, 0.6) is 0 Å². The molecule has 1 saturated heterocycles. The molecule has 0 radical (unpaired) electrons. The summed E-state index contributed by atoms with van der Waals surface area (Å²) < 4.78 is 0. The Bertz CT molecular complexity index is 869. The van der Waals surface area contributed by atoms with E-state index in [0.29, 0.717) is 19.0 Å². The monoisotopic (exact) mass is 405 g/mol. The van der Waals surface area contributed by atoms with Gasteiger partial charge in [-0.3, -0.25) is 14.5 Å². The SMILES string of the molecule is Cc1ccccc1C(=O)N1CCN(C(C(=O)Nc2ccccc2)C2CCCC2)CC1. The van der Waals surface area contributed by atoms with Crippen LogP contribution in [0.4, 0.5) is 5.69 Å². The van der Waals surface area contributed by atoms with E-state index >= 15 is 0 Å². The minimum absolute atomic E-state index is 0.0896. The van der Waals surface area contributed by atoms with Gasteiger partial charge in [0.05, 0.1) is 6.04 Å². The topological polar surface area (TPSA) is 52.7 Å². The van der Waals surface area contributed by atoms with Crippen LogP contribution in [0.3, 0.4) is 0 Å². The summed E-state index contributed by atoms with van der Waals surface area (Å²) in [5.74, 6) is 0.581. The highest BCUT2D eigenvalue weighted by atomic mass is 16.2. The van der Waals surface area contributed by atoms with Crippen LogP contribution in [0.1, 0.15) is 41.6 Å². The molecule has 4 rings (SSSR count). The van der Waals surface area contributed by atoms with Crippen LogP contribution in [-0.4, -0.2) is 53.8 Å². The molecule has 1 aliphatic carbocycles. The molecule has 5 nitrogen and oxygen atoms in total. The van der Waals surface area contributed by atoms with Crippen molar-refractivity contribution in [2.24, 2.45) is 5.92 Å². The summed E-state index contributed by atoms with van der Waals surface area (Å²) >= 11 is 0. The number of hydrogen-bond acceptors (Lipinski definition) is 3. The number of carbonyl (C=O) groups excluding carboxylic acids is 2. The van der Waals surface area contributed by atoms with Crippen molar-refractivity contribution in [3.05, 3.63) is 65.7 Å². The van der Waals surface area contributed by atoms with Crippen molar-refractivity contribution in [3.63, 3.8) is 0 Å². The highest BCUT2D eigenvalue weighted by molar-refractivity contribution is 5.96. The van der Waals surface area contributed by atoms with Crippen LogP contribution >= 0.6 is 0 Å². The lowest BCUT2D eigenvalue weighted by Crippen LogP contribution is -2.57. The van der Waals surface area contributed by atoms with Crippen molar-refractivity contribution in [3.8, 4) is 0 Å². The van der Waals surface area contributed by atoms with E-state index in [2.05, 4.69) is 10.2 Å². The van der Waals surface area contributed by atoms with Crippen molar-refractivity contribution in [2.45, 2.75) is 38.6 Å². The van der Waals surface area contributed by atoms with Crippen LogP contribution in [-0.2, 0) is 4.79 Å². The summed E-state index contributed by atoms with van der Waals surface area (Å²) in [6.07, 6.45) is 4.61. The number of carbonyl (C=O) groups is 2. The van der Waals surface area contributed by atoms with Crippen LogP contribution in [0, 0.1) is 12.8 Å². The molecule has 1 atom stereocenters. The lowest BCUT2D eigenvalue weighted by atomic mass is 9.94. The first-order chi connectivity index (χ1) is 14.6. The molecular weight excluding hydrogens is 374 g/mol. The van der Waals surface area contributed by atoms with Gasteiger partial charge in [0.1, 0.15) is 0 Å². The minimum Gasteiger partial charge on any atom is -0.336 e. The van der Waals surface area contributed by atoms with E-state index in [-0.39, 0.29) is 17.9 Å². The summed E-state index contributed by atoms with van der Waals surface area (Å²) in [5, 5.41) is 3.12. The molecule has 1 unspecified atom stereocenters. The maximum atomic E-state index is 13.2. The first-order valence-corrected chi connectivity index (χ1v) is 11.1. The Morgan fingerprint density at radius 1 is 0.900 bits per heavy atom. The van der Waals surface area contributed by atoms with E-state index < -0.39 is 0 Å². The average molecular weight is 406 g/mol. The first kappa shape index (κ1) is 20.6. The molecular formula is C25H31N3O2. The van der Waals surface area contributed by atoms with Gasteiger partial charge < -0.3 is 10.2 Å². The summed E-state index contributed by atoms with van der Waals surface area (Å²) in [6, 6.07) is 17.3. The van der Waals surface area contributed by atoms with E-state index in [1.807, 2.05) is 66.4 Å². The molecule has 0 spiro atoms. The molecule has 158 valence electrons. The number of aryl methyl sites for hydroxylation is 1. The number of amides is 2. The number of hydrogen-bond donors (Lipinski definition) is 1. The quantitative estimate of drug-likeness (QED) is 0.820. The van der Waals surface area contributed by atoms with E-state index in [1.165, 1.54) is 12.8 Å². The zero-order chi connectivity index (χ0) is 20.9. The molecule has 0 bridgehead atoms. The number of para-hydroxylation sites is 1. The number of anilines is 1. The summed E-state index contributed by atoms with van der Waals surface area (Å²) in [5.41, 5.74) is 2.63. The van der Waals surface area contributed by atoms with Crippen molar-refractivity contribution < 1.29 is 9.59 Å². The predicted octanol–water partition coefficient (Wildman–Crippen LogP) is 3.95. The Morgan fingerprint density at radius 2 is 1.53 bits per heavy atom. The Hall–Kier alpha value is -2.66. The van der Waals surface area contributed by atoms with Gasteiger partial charge in [-0.1, -0.05) is 49.2 Å². The van der Waals surface area contributed by atoms with Gasteiger partial charge in [0.2, 0.25) is 5.91 Å². The van der Waals surface area contributed by atoms with E-state index in [1.54, 1.807) is 0 Å². The second-order valence-corrected chi connectivity index (χ2v) is 8.49. The number of benzene rings is 2. The summed E-state index contributed by atoms with van der Waals surface area (Å²) in [6.45, 7) is 4.78. The Morgan fingerprint density at radius 3 is 2.20 bits per heavy atom. The zero-order valence-electron chi connectivity index (χ0n) is 17.7. The molecule has 2 aromatic rings. The maximum Gasteiger partial charge on any atom is 0.254 e.